The van der Waals surface area contributed by atoms with Gasteiger partial charge < -0.3 is 0 Å². The van der Waals surface area contributed by atoms with Crippen LogP contribution >= 0.6 is 7.29 Å². The fourth-order valence-corrected chi connectivity index (χ4v) is 5.92. The maximum absolute atomic E-state index is 13.9. The Morgan fingerprint density at radius 2 is 1.50 bits per heavy atom. The van der Waals surface area contributed by atoms with Crippen molar-refractivity contribution in [1.29, 1.82) is 0 Å². The van der Waals surface area contributed by atoms with E-state index in [1.54, 1.807) is 0 Å². The van der Waals surface area contributed by atoms with E-state index in [2.05, 4.69) is 12.0 Å². The summed E-state index contributed by atoms with van der Waals surface area (Å²) in [6.07, 6.45) is 4.74. The van der Waals surface area contributed by atoms with Crippen molar-refractivity contribution in [3.8, 4) is 0 Å². The van der Waals surface area contributed by atoms with Crippen LogP contribution in [0.5, 0.6) is 0 Å². The lowest BCUT2D eigenvalue weighted by molar-refractivity contribution is 0.507. The maximum Gasteiger partial charge on any atom is 0.204 e. The van der Waals surface area contributed by atoms with Gasteiger partial charge in [0.1, 0.15) is 0 Å². The summed E-state index contributed by atoms with van der Waals surface area (Å²) in [5.74, 6) is 0.775. The summed E-state index contributed by atoms with van der Waals surface area (Å²) in [7, 11) is -2.76. The Kier molecular flexibility index (Phi) is 4.81. The van der Waals surface area contributed by atoms with Crippen LogP contribution in [0.3, 0.4) is 0 Å². The Hall–Kier alpha value is -1.37. The molecule has 2 aromatic carbocycles. The summed E-state index contributed by atoms with van der Waals surface area (Å²) < 4.78 is 13.9. The van der Waals surface area contributed by atoms with Crippen LogP contribution in [0.1, 0.15) is 32.6 Å². The molecule has 0 unspecified atom stereocenters. The average molecular weight is 313 g/mol. The molecule has 2 atom stereocenters. The van der Waals surface area contributed by atoms with E-state index < -0.39 is 7.29 Å². The van der Waals surface area contributed by atoms with Crippen LogP contribution in [0.25, 0.3) is 0 Å². The first-order valence-corrected chi connectivity index (χ1v) is 9.92. The molecule has 2 nitrogen and oxygen atoms in total. The van der Waals surface area contributed by atoms with Crippen molar-refractivity contribution >= 4 is 17.9 Å². The highest BCUT2D eigenvalue weighted by molar-refractivity contribution is 7.76. The van der Waals surface area contributed by atoms with E-state index in [4.69, 9.17) is 0 Å². The summed E-state index contributed by atoms with van der Waals surface area (Å²) in [5.41, 5.74) is 0. The Labute approximate surface area is 133 Å². The smallest absolute Gasteiger partial charge is 0.204 e. The largest absolute Gasteiger partial charge is 0.297 e. The van der Waals surface area contributed by atoms with Gasteiger partial charge in [0.05, 0.1) is 0 Å². The van der Waals surface area contributed by atoms with Gasteiger partial charge in [0, 0.05) is 16.7 Å². The molecule has 116 valence electrons. The summed E-state index contributed by atoms with van der Waals surface area (Å²) in [4.78, 5) is 0. The van der Waals surface area contributed by atoms with E-state index >= 15 is 0 Å². The van der Waals surface area contributed by atoms with Crippen LogP contribution in [0.15, 0.2) is 60.7 Å². The monoisotopic (exact) mass is 313 g/mol. The number of hydrogen-bond donors (Lipinski definition) is 1. The third kappa shape index (κ3) is 3.19. The molecule has 0 spiro atoms. The SMILES string of the molecule is CC[C@@H]1CC[C@@H](NP(=O)(c2ccccc2)c2ccccc2)C1. The molecule has 1 saturated carbocycles. The quantitative estimate of drug-likeness (QED) is 0.843. The first kappa shape index (κ1) is 15.5. The van der Waals surface area contributed by atoms with Gasteiger partial charge in [0.25, 0.3) is 0 Å². The third-order valence-electron chi connectivity index (χ3n) is 4.72. The molecule has 0 bridgehead atoms. The number of hydrogen-bond acceptors (Lipinski definition) is 1. The summed E-state index contributed by atoms with van der Waals surface area (Å²) in [5, 5.41) is 5.35. The van der Waals surface area contributed by atoms with Gasteiger partial charge in [0.2, 0.25) is 7.29 Å². The molecule has 0 radical (unpaired) electrons. The Balaban J connectivity index is 1.93. The van der Waals surface area contributed by atoms with E-state index in [0.29, 0.717) is 6.04 Å². The zero-order chi connectivity index (χ0) is 15.4. The molecule has 1 aliphatic rings. The van der Waals surface area contributed by atoms with Crippen LogP contribution in [-0.4, -0.2) is 6.04 Å². The minimum Gasteiger partial charge on any atom is -0.297 e. The van der Waals surface area contributed by atoms with Gasteiger partial charge in [-0.15, -0.1) is 0 Å². The number of benzene rings is 2. The second-order valence-corrected chi connectivity index (χ2v) is 8.70. The van der Waals surface area contributed by atoms with E-state index in [9.17, 15) is 4.57 Å². The molecule has 0 heterocycles. The minimum absolute atomic E-state index is 0.358. The fraction of sp³-hybridized carbons (Fsp3) is 0.368. The molecule has 0 aliphatic heterocycles. The van der Waals surface area contributed by atoms with E-state index in [-0.39, 0.29) is 0 Å². The molecular formula is C19H24NOP. The molecular weight excluding hydrogens is 289 g/mol. The second-order valence-electron chi connectivity index (χ2n) is 6.19. The number of nitrogens with one attached hydrogen (secondary N) is 1. The molecule has 1 fully saturated rings. The van der Waals surface area contributed by atoms with Crippen molar-refractivity contribution in [2.45, 2.75) is 38.6 Å². The van der Waals surface area contributed by atoms with Crippen LogP contribution < -0.4 is 15.7 Å². The highest BCUT2D eigenvalue weighted by Gasteiger charge is 2.33. The van der Waals surface area contributed by atoms with Crippen molar-refractivity contribution < 1.29 is 4.57 Å². The number of rotatable bonds is 5. The molecule has 1 N–H and O–H groups in total. The van der Waals surface area contributed by atoms with E-state index in [1.165, 1.54) is 12.8 Å². The van der Waals surface area contributed by atoms with Crippen LogP contribution in [-0.2, 0) is 4.57 Å². The Morgan fingerprint density at radius 3 is 1.95 bits per heavy atom. The molecule has 3 rings (SSSR count). The maximum atomic E-state index is 13.9. The summed E-state index contributed by atoms with van der Waals surface area (Å²) >= 11 is 0. The Morgan fingerprint density at radius 1 is 0.955 bits per heavy atom. The van der Waals surface area contributed by atoms with Gasteiger partial charge in [-0.25, -0.2) is 0 Å². The molecule has 0 saturated heterocycles. The molecule has 2 aromatic rings. The van der Waals surface area contributed by atoms with Gasteiger partial charge in [-0.2, -0.15) is 0 Å². The van der Waals surface area contributed by atoms with E-state index in [0.717, 1.165) is 29.4 Å². The van der Waals surface area contributed by atoms with Crippen molar-refractivity contribution in [2.75, 3.05) is 0 Å². The highest BCUT2D eigenvalue weighted by atomic mass is 31.2. The van der Waals surface area contributed by atoms with Gasteiger partial charge >= 0.3 is 0 Å². The standard InChI is InChI=1S/C19H24NOP/c1-2-16-13-14-17(15-16)20-22(21,18-9-5-3-6-10-18)19-11-7-4-8-12-19/h3-12,16-17H,2,13-15H2,1H3,(H,20,21)/t16-,17-/m1/s1. The lowest BCUT2D eigenvalue weighted by atomic mass is 10.1. The van der Waals surface area contributed by atoms with Gasteiger partial charge in [-0.1, -0.05) is 49.7 Å². The summed E-state index contributed by atoms with van der Waals surface area (Å²) in [6.45, 7) is 2.25. The normalized spacial score (nSPS) is 21.9. The predicted molar refractivity (Wildman–Crippen MR) is 94.3 cm³/mol. The molecule has 1 aliphatic carbocycles. The zero-order valence-electron chi connectivity index (χ0n) is 13.1. The summed E-state index contributed by atoms with van der Waals surface area (Å²) in [6, 6.07) is 20.1. The topological polar surface area (TPSA) is 29.1 Å². The van der Waals surface area contributed by atoms with Crippen LogP contribution in [0.4, 0.5) is 0 Å². The van der Waals surface area contributed by atoms with Gasteiger partial charge in [0.15, 0.2) is 0 Å². The van der Waals surface area contributed by atoms with Crippen molar-refractivity contribution in [1.82, 2.24) is 5.09 Å². The molecule has 0 amide bonds. The first-order valence-electron chi connectivity index (χ1n) is 8.21. The molecule has 0 aromatic heterocycles. The fourth-order valence-electron chi connectivity index (χ4n) is 3.39. The van der Waals surface area contributed by atoms with Crippen molar-refractivity contribution in [3.05, 3.63) is 60.7 Å². The lowest BCUT2D eigenvalue weighted by Gasteiger charge is -2.24. The predicted octanol–water partition coefficient (Wildman–Crippen LogP) is 4.08. The second kappa shape index (κ2) is 6.81. The molecule has 3 heteroatoms. The zero-order valence-corrected chi connectivity index (χ0v) is 14.0. The third-order valence-corrected chi connectivity index (χ3v) is 7.50. The van der Waals surface area contributed by atoms with Crippen LogP contribution in [0.2, 0.25) is 0 Å². The Bertz CT molecular complexity index is 597. The van der Waals surface area contributed by atoms with E-state index in [1.807, 2.05) is 60.7 Å². The van der Waals surface area contributed by atoms with Gasteiger partial charge in [-0.3, -0.25) is 9.65 Å². The van der Waals surface area contributed by atoms with Gasteiger partial charge in [-0.05, 0) is 49.4 Å². The molecule has 22 heavy (non-hydrogen) atoms. The first-order chi connectivity index (χ1) is 10.7. The lowest BCUT2D eigenvalue weighted by Crippen LogP contribution is -2.33. The average Bonchev–Trinajstić information content (AvgIpc) is 3.04. The van der Waals surface area contributed by atoms with Crippen LogP contribution in [0, 0.1) is 5.92 Å². The minimum atomic E-state index is -2.76. The van der Waals surface area contributed by atoms with Crippen molar-refractivity contribution in [2.24, 2.45) is 5.92 Å². The highest BCUT2D eigenvalue weighted by Crippen LogP contribution is 2.42. The van der Waals surface area contributed by atoms with Crippen molar-refractivity contribution in [3.63, 3.8) is 0 Å².